The Morgan fingerprint density at radius 2 is 2.04 bits per heavy atom. The molecule has 1 aliphatic heterocycles. The third-order valence-corrected chi connectivity index (χ3v) is 4.35. The molecule has 25 heavy (non-hydrogen) atoms. The Balaban J connectivity index is 1.33. The number of rotatable bonds is 4. The number of anilines is 1. The van der Waals surface area contributed by atoms with Crippen LogP contribution in [0.5, 0.6) is 0 Å². The zero-order valence-corrected chi connectivity index (χ0v) is 13.1. The van der Waals surface area contributed by atoms with Crippen LogP contribution in [-0.4, -0.2) is 35.2 Å². The van der Waals surface area contributed by atoms with Crippen molar-refractivity contribution < 1.29 is 22.5 Å². The van der Waals surface area contributed by atoms with Gasteiger partial charge in [0, 0.05) is 31.3 Å². The number of pyridine rings is 1. The molecular formula is C16H15F3N4O2. The summed E-state index contributed by atoms with van der Waals surface area (Å²) in [7, 11) is 0. The van der Waals surface area contributed by atoms with Crippen molar-refractivity contribution in [2.45, 2.75) is 31.0 Å². The van der Waals surface area contributed by atoms with Gasteiger partial charge in [-0.2, -0.15) is 13.2 Å². The molecule has 3 heterocycles. The minimum atomic E-state index is -4.40. The Kier molecular flexibility index (Phi) is 3.66. The zero-order chi connectivity index (χ0) is 17.6. The van der Waals surface area contributed by atoms with E-state index in [-0.39, 0.29) is 23.5 Å². The highest BCUT2D eigenvalue weighted by Crippen LogP contribution is 2.40. The fourth-order valence-corrected chi connectivity index (χ4v) is 2.74. The molecule has 9 heteroatoms. The lowest BCUT2D eigenvalue weighted by atomic mass is 10.1. The normalized spacial score (nSPS) is 18.1. The molecule has 132 valence electrons. The number of nitrogens with one attached hydrogen (secondary N) is 1. The van der Waals surface area contributed by atoms with Gasteiger partial charge < -0.3 is 14.7 Å². The van der Waals surface area contributed by atoms with Gasteiger partial charge in [-0.1, -0.05) is 5.16 Å². The van der Waals surface area contributed by atoms with Crippen molar-refractivity contribution in [1.82, 2.24) is 15.5 Å². The Labute approximate surface area is 141 Å². The van der Waals surface area contributed by atoms with Crippen LogP contribution in [0.15, 0.2) is 28.9 Å². The van der Waals surface area contributed by atoms with Crippen LogP contribution in [0.25, 0.3) is 0 Å². The zero-order valence-electron chi connectivity index (χ0n) is 13.1. The lowest BCUT2D eigenvalue weighted by Crippen LogP contribution is -2.59. The summed E-state index contributed by atoms with van der Waals surface area (Å²) in [6.07, 6.45) is -1.16. The van der Waals surface area contributed by atoms with Crippen molar-refractivity contribution in [2.24, 2.45) is 0 Å². The highest BCUT2D eigenvalue weighted by Gasteiger charge is 2.34. The second kappa shape index (κ2) is 5.75. The summed E-state index contributed by atoms with van der Waals surface area (Å²) >= 11 is 0. The predicted molar refractivity (Wildman–Crippen MR) is 81.2 cm³/mol. The van der Waals surface area contributed by atoms with Crippen LogP contribution < -0.4 is 10.2 Å². The molecule has 0 unspecified atom stereocenters. The smallest absolute Gasteiger partial charge is 0.360 e. The number of hydrogen-bond acceptors (Lipinski definition) is 5. The van der Waals surface area contributed by atoms with E-state index < -0.39 is 11.7 Å². The van der Waals surface area contributed by atoms with E-state index in [1.165, 1.54) is 0 Å². The minimum Gasteiger partial charge on any atom is -0.360 e. The number of halogens is 3. The van der Waals surface area contributed by atoms with Crippen molar-refractivity contribution in [3.8, 4) is 0 Å². The highest BCUT2D eigenvalue weighted by atomic mass is 19.4. The van der Waals surface area contributed by atoms with Crippen LogP contribution in [0, 0.1) is 0 Å². The first-order chi connectivity index (χ1) is 11.9. The number of amides is 1. The second-order valence-electron chi connectivity index (χ2n) is 6.36. The molecule has 1 amide bonds. The molecular weight excluding hydrogens is 337 g/mol. The van der Waals surface area contributed by atoms with Crippen LogP contribution in [-0.2, 0) is 6.18 Å². The molecule has 1 saturated carbocycles. The minimum absolute atomic E-state index is 0.162. The molecule has 6 nitrogen and oxygen atoms in total. The molecule has 0 atom stereocenters. The number of carbonyl (C=O) groups excluding carboxylic acids is 1. The Morgan fingerprint density at radius 3 is 2.72 bits per heavy atom. The van der Waals surface area contributed by atoms with Gasteiger partial charge in [-0.15, -0.1) is 0 Å². The maximum absolute atomic E-state index is 12.7. The van der Waals surface area contributed by atoms with E-state index >= 15 is 0 Å². The fraction of sp³-hybridized carbons (Fsp3) is 0.438. The summed E-state index contributed by atoms with van der Waals surface area (Å²) in [6.45, 7) is 0.792. The van der Waals surface area contributed by atoms with E-state index in [1.807, 2.05) is 0 Å². The predicted octanol–water partition coefficient (Wildman–Crippen LogP) is 2.58. The average Bonchev–Trinajstić information content (AvgIpc) is 3.26. The summed E-state index contributed by atoms with van der Waals surface area (Å²) in [5.41, 5.74) is -0.502. The molecule has 0 bridgehead atoms. The molecule has 2 aromatic heterocycles. The van der Waals surface area contributed by atoms with Gasteiger partial charge in [-0.25, -0.2) is 4.98 Å². The lowest BCUT2D eigenvalue weighted by molar-refractivity contribution is -0.137. The fourth-order valence-electron chi connectivity index (χ4n) is 2.74. The number of aromatic nitrogens is 2. The van der Waals surface area contributed by atoms with Gasteiger partial charge in [0.2, 0.25) is 0 Å². The van der Waals surface area contributed by atoms with Gasteiger partial charge in [0.05, 0.1) is 11.6 Å². The number of carbonyl (C=O) groups is 1. The molecule has 2 aromatic rings. The summed E-state index contributed by atoms with van der Waals surface area (Å²) in [5.74, 6) is 1.02. The third kappa shape index (κ3) is 3.31. The monoisotopic (exact) mass is 352 g/mol. The molecule has 1 saturated heterocycles. The summed E-state index contributed by atoms with van der Waals surface area (Å²) in [6, 6.07) is 3.44. The van der Waals surface area contributed by atoms with Gasteiger partial charge in [0.1, 0.15) is 11.6 Å². The summed E-state index contributed by atoms with van der Waals surface area (Å²) in [4.78, 5) is 17.8. The number of alkyl halides is 3. The maximum Gasteiger partial charge on any atom is 0.416 e. The summed E-state index contributed by atoms with van der Waals surface area (Å²) in [5, 5.41) is 6.56. The second-order valence-corrected chi connectivity index (χ2v) is 6.36. The molecule has 0 radical (unpaired) electrons. The van der Waals surface area contributed by atoms with Crippen molar-refractivity contribution >= 4 is 11.7 Å². The molecule has 0 spiro atoms. The largest absolute Gasteiger partial charge is 0.416 e. The molecule has 2 aliphatic rings. The van der Waals surface area contributed by atoms with Crippen LogP contribution in [0.1, 0.15) is 40.6 Å². The van der Waals surface area contributed by atoms with E-state index in [4.69, 9.17) is 4.52 Å². The molecule has 1 aliphatic carbocycles. The number of nitrogens with zero attached hydrogens (tertiary/aromatic N) is 3. The van der Waals surface area contributed by atoms with Crippen molar-refractivity contribution in [1.29, 1.82) is 0 Å². The van der Waals surface area contributed by atoms with E-state index in [0.29, 0.717) is 19.0 Å². The Bertz CT molecular complexity index is 795. The van der Waals surface area contributed by atoms with E-state index in [2.05, 4.69) is 15.5 Å². The first-order valence-electron chi connectivity index (χ1n) is 7.96. The van der Waals surface area contributed by atoms with Crippen molar-refractivity contribution in [3.05, 3.63) is 41.4 Å². The van der Waals surface area contributed by atoms with E-state index in [9.17, 15) is 18.0 Å². The topological polar surface area (TPSA) is 71.3 Å². The van der Waals surface area contributed by atoms with Crippen molar-refractivity contribution in [2.75, 3.05) is 18.0 Å². The third-order valence-electron chi connectivity index (χ3n) is 4.35. The molecule has 2 fully saturated rings. The van der Waals surface area contributed by atoms with Crippen LogP contribution in [0.4, 0.5) is 19.0 Å². The number of hydrogen-bond donors (Lipinski definition) is 1. The molecule has 1 N–H and O–H groups in total. The Hall–Kier alpha value is -2.58. The van der Waals surface area contributed by atoms with E-state index in [1.54, 1.807) is 11.0 Å². The van der Waals surface area contributed by atoms with Crippen LogP contribution in [0.3, 0.4) is 0 Å². The maximum atomic E-state index is 12.7. The lowest BCUT2D eigenvalue weighted by Gasteiger charge is -2.40. The molecule has 0 aromatic carbocycles. The highest BCUT2D eigenvalue weighted by molar-refractivity contribution is 5.92. The molecule has 4 rings (SSSR count). The standard InChI is InChI=1S/C16H15F3N4O2/c17-16(18,19)10-3-4-20-14(5-10)23-7-11(8-23)21-15(24)12-6-13(25-22-12)9-1-2-9/h3-6,9,11H,1-2,7-8H2,(H,21,24). The van der Waals surface area contributed by atoms with Crippen LogP contribution >= 0.6 is 0 Å². The quantitative estimate of drug-likeness (QED) is 0.916. The van der Waals surface area contributed by atoms with Gasteiger partial charge in [-0.3, -0.25) is 4.79 Å². The first kappa shape index (κ1) is 15.9. The van der Waals surface area contributed by atoms with Gasteiger partial charge in [0.25, 0.3) is 5.91 Å². The van der Waals surface area contributed by atoms with E-state index in [0.717, 1.165) is 36.9 Å². The van der Waals surface area contributed by atoms with Gasteiger partial charge in [0.15, 0.2) is 5.69 Å². The Morgan fingerprint density at radius 1 is 1.28 bits per heavy atom. The first-order valence-corrected chi connectivity index (χ1v) is 7.96. The van der Waals surface area contributed by atoms with Gasteiger partial charge >= 0.3 is 6.18 Å². The SMILES string of the molecule is O=C(NC1CN(c2cc(C(F)(F)F)ccn2)C1)c1cc(C2CC2)on1. The summed E-state index contributed by atoms with van der Waals surface area (Å²) < 4.78 is 43.3. The van der Waals surface area contributed by atoms with Gasteiger partial charge in [-0.05, 0) is 25.0 Å². The van der Waals surface area contributed by atoms with Crippen molar-refractivity contribution in [3.63, 3.8) is 0 Å². The van der Waals surface area contributed by atoms with Crippen LogP contribution in [0.2, 0.25) is 0 Å². The average molecular weight is 352 g/mol.